The Morgan fingerprint density at radius 3 is 2.71 bits per heavy atom. The molecule has 8 heteroatoms. The van der Waals surface area contributed by atoms with Crippen molar-refractivity contribution in [3.63, 3.8) is 0 Å². The summed E-state index contributed by atoms with van der Waals surface area (Å²) in [4.78, 5) is 14.6. The summed E-state index contributed by atoms with van der Waals surface area (Å²) >= 11 is 0. The van der Waals surface area contributed by atoms with E-state index in [1.807, 2.05) is 60.7 Å². The molecule has 0 unspecified atom stereocenters. The van der Waals surface area contributed by atoms with Crippen LogP contribution in [0.1, 0.15) is 5.56 Å². The molecule has 0 saturated heterocycles. The Morgan fingerprint density at radius 1 is 1.11 bits per heavy atom. The van der Waals surface area contributed by atoms with Gasteiger partial charge in [0.2, 0.25) is 5.91 Å². The fraction of sp³-hybridized carbons (Fsp3) is 0.200. The lowest BCUT2D eigenvalue weighted by Gasteiger charge is -2.24. The molecule has 2 heterocycles. The van der Waals surface area contributed by atoms with Crippen LogP contribution < -0.4 is 14.4 Å². The minimum absolute atomic E-state index is 0.0423. The number of tetrazole rings is 1. The molecule has 1 aromatic heterocycles. The third-order valence-electron chi connectivity index (χ3n) is 4.23. The number of rotatable bonds is 6. The number of hydrogen-bond acceptors (Lipinski definition) is 6. The molecular weight excluding hydrogens is 358 g/mol. The molecular formula is C20H19N5O3. The topological polar surface area (TPSA) is 82.4 Å². The molecule has 0 saturated carbocycles. The first-order valence-corrected chi connectivity index (χ1v) is 8.92. The Kier molecular flexibility index (Phi) is 5.28. The molecule has 4 rings (SSSR count). The Morgan fingerprint density at radius 2 is 1.93 bits per heavy atom. The summed E-state index contributed by atoms with van der Waals surface area (Å²) in [5.41, 5.74) is 1.79. The zero-order chi connectivity index (χ0) is 19.2. The van der Waals surface area contributed by atoms with Crippen molar-refractivity contribution in [1.29, 1.82) is 0 Å². The molecule has 0 bridgehead atoms. The number of amides is 1. The molecule has 0 N–H and O–H groups in total. The maximum Gasteiger partial charge on any atom is 0.249 e. The third-order valence-corrected chi connectivity index (χ3v) is 4.23. The lowest BCUT2D eigenvalue weighted by atomic mass is 10.2. The van der Waals surface area contributed by atoms with Gasteiger partial charge in [0.05, 0.1) is 0 Å². The highest BCUT2D eigenvalue weighted by atomic mass is 16.6. The molecule has 28 heavy (non-hydrogen) atoms. The van der Waals surface area contributed by atoms with Gasteiger partial charge in [-0.3, -0.25) is 4.79 Å². The molecule has 0 aliphatic carbocycles. The summed E-state index contributed by atoms with van der Waals surface area (Å²) in [6, 6.07) is 15.4. The lowest BCUT2D eigenvalue weighted by molar-refractivity contribution is -0.119. The highest BCUT2D eigenvalue weighted by Gasteiger charge is 2.19. The van der Waals surface area contributed by atoms with E-state index in [0.29, 0.717) is 31.3 Å². The molecule has 3 aromatic rings. The van der Waals surface area contributed by atoms with E-state index in [1.54, 1.807) is 4.90 Å². The highest BCUT2D eigenvalue weighted by Crippen LogP contribution is 2.34. The summed E-state index contributed by atoms with van der Waals surface area (Å²) in [7, 11) is 0. The zero-order valence-electron chi connectivity index (χ0n) is 15.1. The monoisotopic (exact) mass is 377 g/mol. The molecule has 1 aliphatic heterocycles. The van der Waals surface area contributed by atoms with Crippen molar-refractivity contribution >= 4 is 17.7 Å². The Bertz CT molecular complexity index is 957. The van der Waals surface area contributed by atoms with E-state index >= 15 is 0 Å². The minimum Gasteiger partial charge on any atom is -0.486 e. The van der Waals surface area contributed by atoms with Crippen LogP contribution in [0.4, 0.5) is 5.69 Å². The molecule has 2 aromatic carbocycles. The van der Waals surface area contributed by atoms with Gasteiger partial charge in [-0.05, 0) is 28.1 Å². The fourth-order valence-electron chi connectivity index (χ4n) is 2.89. The van der Waals surface area contributed by atoms with Crippen molar-refractivity contribution in [3.8, 4) is 11.5 Å². The van der Waals surface area contributed by atoms with Crippen molar-refractivity contribution in [2.24, 2.45) is 0 Å². The van der Waals surface area contributed by atoms with Crippen LogP contribution in [0, 0.1) is 0 Å². The van der Waals surface area contributed by atoms with Gasteiger partial charge in [-0.25, -0.2) is 4.68 Å². The predicted octanol–water partition coefficient (Wildman–Crippen LogP) is 2.19. The van der Waals surface area contributed by atoms with Crippen LogP contribution in [0.15, 0.2) is 60.9 Å². The second-order valence-corrected chi connectivity index (χ2v) is 6.15. The second-order valence-electron chi connectivity index (χ2n) is 6.15. The van der Waals surface area contributed by atoms with Gasteiger partial charge in [-0.15, -0.1) is 5.10 Å². The van der Waals surface area contributed by atoms with Gasteiger partial charge in [0.25, 0.3) is 0 Å². The van der Waals surface area contributed by atoms with E-state index in [-0.39, 0.29) is 12.5 Å². The Balaban J connectivity index is 1.57. The summed E-state index contributed by atoms with van der Waals surface area (Å²) in [6.07, 6.45) is 5.35. The first-order valence-electron chi connectivity index (χ1n) is 8.92. The number of ether oxygens (including phenoxy) is 2. The lowest BCUT2D eigenvalue weighted by Crippen LogP contribution is -2.34. The van der Waals surface area contributed by atoms with E-state index in [0.717, 1.165) is 11.3 Å². The minimum atomic E-state index is -0.137. The van der Waals surface area contributed by atoms with E-state index < -0.39 is 0 Å². The number of hydrogen-bond donors (Lipinski definition) is 0. The standard InChI is InChI=1S/C20H19N5O3/c26-20(14-24-15-21-22-23-24)25(10-4-7-16-5-2-1-3-6-16)17-8-9-18-19(13-17)28-12-11-27-18/h1-9,13,15H,10-12,14H2. The Labute approximate surface area is 162 Å². The fourth-order valence-corrected chi connectivity index (χ4v) is 2.89. The number of carbonyl (C=O) groups excluding carboxylic acids is 1. The molecule has 0 radical (unpaired) electrons. The summed E-state index contributed by atoms with van der Waals surface area (Å²) in [6.45, 7) is 1.45. The molecule has 8 nitrogen and oxygen atoms in total. The SMILES string of the molecule is O=C(Cn1cnnn1)N(CC=Cc1ccccc1)c1ccc2c(c1)OCCO2. The van der Waals surface area contributed by atoms with Crippen LogP contribution in [0.3, 0.4) is 0 Å². The normalized spacial score (nSPS) is 12.9. The maximum atomic E-state index is 12.9. The quantitative estimate of drug-likeness (QED) is 0.655. The van der Waals surface area contributed by atoms with E-state index in [1.165, 1.54) is 11.0 Å². The summed E-state index contributed by atoms with van der Waals surface area (Å²) in [5, 5.41) is 10.9. The molecule has 0 atom stereocenters. The average Bonchev–Trinajstić information content (AvgIpc) is 3.24. The van der Waals surface area contributed by atoms with Gasteiger partial charge >= 0.3 is 0 Å². The summed E-state index contributed by atoms with van der Waals surface area (Å²) in [5.74, 6) is 1.18. The van der Waals surface area contributed by atoms with Crippen LogP contribution >= 0.6 is 0 Å². The van der Waals surface area contributed by atoms with Crippen molar-refractivity contribution < 1.29 is 14.3 Å². The number of benzene rings is 2. The zero-order valence-corrected chi connectivity index (χ0v) is 15.1. The number of fused-ring (bicyclic) bond motifs is 1. The van der Waals surface area contributed by atoms with Crippen LogP contribution in [-0.4, -0.2) is 45.9 Å². The van der Waals surface area contributed by atoms with Crippen LogP contribution in [0.25, 0.3) is 6.08 Å². The molecule has 142 valence electrons. The Hall–Kier alpha value is -3.68. The number of carbonyl (C=O) groups is 1. The number of anilines is 1. The smallest absolute Gasteiger partial charge is 0.249 e. The maximum absolute atomic E-state index is 12.9. The van der Waals surface area contributed by atoms with Gasteiger partial charge < -0.3 is 14.4 Å². The van der Waals surface area contributed by atoms with Crippen molar-refractivity contribution in [1.82, 2.24) is 20.2 Å². The average molecular weight is 377 g/mol. The molecule has 0 fully saturated rings. The van der Waals surface area contributed by atoms with E-state index in [9.17, 15) is 4.79 Å². The summed E-state index contributed by atoms with van der Waals surface area (Å²) < 4.78 is 12.6. The van der Waals surface area contributed by atoms with Gasteiger partial charge in [-0.2, -0.15) is 0 Å². The molecule has 0 spiro atoms. The van der Waals surface area contributed by atoms with Gasteiger partial charge in [0.1, 0.15) is 26.1 Å². The first-order chi connectivity index (χ1) is 13.8. The number of aromatic nitrogens is 4. The van der Waals surface area contributed by atoms with Gasteiger partial charge in [0.15, 0.2) is 11.5 Å². The van der Waals surface area contributed by atoms with E-state index in [2.05, 4.69) is 15.5 Å². The molecule has 1 aliphatic rings. The first kappa shape index (κ1) is 17.7. The van der Waals surface area contributed by atoms with E-state index in [4.69, 9.17) is 9.47 Å². The molecule has 1 amide bonds. The largest absolute Gasteiger partial charge is 0.486 e. The third kappa shape index (κ3) is 4.17. The van der Waals surface area contributed by atoms with Gasteiger partial charge in [-0.1, -0.05) is 42.5 Å². The van der Waals surface area contributed by atoms with Crippen molar-refractivity contribution in [3.05, 3.63) is 66.5 Å². The van der Waals surface area contributed by atoms with Crippen LogP contribution in [-0.2, 0) is 11.3 Å². The van der Waals surface area contributed by atoms with Crippen molar-refractivity contribution in [2.45, 2.75) is 6.54 Å². The predicted molar refractivity (Wildman–Crippen MR) is 103 cm³/mol. The van der Waals surface area contributed by atoms with Crippen LogP contribution in [0.5, 0.6) is 11.5 Å². The second kappa shape index (κ2) is 8.34. The number of nitrogens with zero attached hydrogens (tertiary/aromatic N) is 5. The van der Waals surface area contributed by atoms with Crippen molar-refractivity contribution in [2.75, 3.05) is 24.7 Å². The van der Waals surface area contributed by atoms with Gasteiger partial charge in [0, 0.05) is 18.3 Å². The highest BCUT2D eigenvalue weighted by molar-refractivity contribution is 5.94. The van der Waals surface area contributed by atoms with Crippen LogP contribution in [0.2, 0.25) is 0 Å².